The first-order valence-corrected chi connectivity index (χ1v) is 11.4. The molecule has 180 valence electrons. The Kier molecular flexibility index (Phi) is 7.09. The van der Waals surface area contributed by atoms with Crippen molar-refractivity contribution in [1.82, 2.24) is 15.5 Å². The van der Waals surface area contributed by atoms with Gasteiger partial charge in [-0.15, -0.1) is 0 Å². The van der Waals surface area contributed by atoms with E-state index in [1.54, 1.807) is 36.4 Å². The van der Waals surface area contributed by atoms with Crippen LogP contribution in [0.1, 0.15) is 18.4 Å². The lowest BCUT2D eigenvalue weighted by molar-refractivity contribution is -0.146. The molecule has 11 heteroatoms. The van der Waals surface area contributed by atoms with Gasteiger partial charge in [0.2, 0.25) is 5.91 Å². The van der Waals surface area contributed by atoms with Crippen LogP contribution >= 0.6 is 23.2 Å². The third-order valence-electron chi connectivity index (χ3n) is 5.42. The van der Waals surface area contributed by atoms with Gasteiger partial charge in [0.05, 0.1) is 10.0 Å². The zero-order chi connectivity index (χ0) is 25.1. The van der Waals surface area contributed by atoms with E-state index < -0.39 is 29.8 Å². The van der Waals surface area contributed by atoms with Crippen molar-refractivity contribution in [1.29, 1.82) is 0 Å². The predicted octanol–water partition coefficient (Wildman–Crippen LogP) is 3.77. The molecule has 0 spiro atoms. The van der Waals surface area contributed by atoms with Gasteiger partial charge in [-0.3, -0.25) is 19.3 Å². The Bertz CT molecular complexity index is 1280. The summed E-state index contributed by atoms with van der Waals surface area (Å²) in [5, 5.41) is 11.6. The van der Waals surface area contributed by atoms with E-state index in [1.807, 2.05) is 0 Å². The van der Waals surface area contributed by atoms with Crippen molar-refractivity contribution in [2.75, 3.05) is 10.6 Å². The van der Waals surface area contributed by atoms with Crippen molar-refractivity contribution in [3.63, 3.8) is 0 Å². The lowest BCUT2D eigenvalue weighted by Crippen LogP contribution is -2.52. The van der Waals surface area contributed by atoms with Gasteiger partial charge in [-0.2, -0.15) is 0 Å². The number of halogens is 2. The van der Waals surface area contributed by atoms with Gasteiger partial charge >= 0.3 is 6.03 Å². The van der Waals surface area contributed by atoms with Crippen LogP contribution < -0.4 is 21.3 Å². The first kappa shape index (κ1) is 24.3. The molecule has 2 aromatic rings. The summed E-state index contributed by atoms with van der Waals surface area (Å²) in [6.07, 6.45) is 1.99. The Morgan fingerprint density at radius 3 is 2.63 bits per heavy atom. The standard InChI is InChI=1S/C24H21Cl2N5O4/c1-13-5-8-20(22(33)28-13)31-21(32)11-19(23(31)34)29-15-4-2-3-14(9-15)12-27-24(35)30-16-6-7-17(25)18(26)10-16/h2-4,6-7,9-11,20,29H,1,5,8,12H2,(H,28,33)(H2,27,30,35). The fraction of sp³-hybridized carbons (Fsp3) is 0.167. The molecule has 2 heterocycles. The first-order chi connectivity index (χ1) is 16.7. The molecule has 1 saturated heterocycles. The summed E-state index contributed by atoms with van der Waals surface area (Å²) >= 11 is 11.8. The van der Waals surface area contributed by atoms with E-state index in [1.165, 1.54) is 12.1 Å². The maximum atomic E-state index is 12.9. The molecular formula is C24H21Cl2N5O4. The minimum absolute atomic E-state index is 0.0645. The largest absolute Gasteiger partial charge is 0.351 e. The number of allylic oxidation sites excluding steroid dienone is 1. The second kappa shape index (κ2) is 10.2. The zero-order valence-electron chi connectivity index (χ0n) is 18.4. The number of carbonyl (C=O) groups is 4. The molecule has 4 rings (SSSR count). The number of piperidine rings is 1. The van der Waals surface area contributed by atoms with Crippen LogP contribution in [0.3, 0.4) is 0 Å². The van der Waals surface area contributed by atoms with Crippen molar-refractivity contribution >= 4 is 58.3 Å². The molecule has 4 N–H and O–H groups in total. The minimum Gasteiger partial charge on any atom is -0.351 e. The summed E-state index contributed by atoms with van der Waals surface area (Å²) in [6, 6.07) is 10.4. The van der Waals surface area contributed by atoms with Gasteiger partial charge in [-0.1, -0.05) is 41.9 Å². The van der Waals surface area contributed by atoms with E-state index in [9.17, 15) is 19.2 Å². The minimum atomic E-state index is -0.874. The number of hydrogen-bond donors (Lipinski definition) is 4. The van der Waals surface area contributed by atoms with Crippen LogP contribution in [-0.2, 0) is 20.9 Å². The number of benzene rings is 2. The summed E-state index contributed by atoms with van der Waals surface area (Å²) in [4.78, 5) is 50.7. The molecule has 35 heavy (non-hydrogen) atoms. The molecule has 2 aliphatic rings. The van der Waals surface area contributed by atoms with Crippen molar-refractivity contribution in [3.05, 3.63) is 82.1 Å². The number of nitrogens with one attached hydrogen (secondary N) is 4. The average molecular weight is 514 g/mol. The Hall–Kier alpha value is -3.82. The average Bonchev–Trinajstić information content (AvgIpc) is 3.08. The summed E-state index contributed by atoms with van der Waals surface area (Å²) in [5.41, 5.74) is 2.41. The van der Waals surface area contributed by atoms with Crippen molar-refractivity contribution in [2.45, 2.75) is 25.4 Å². The van der Waals surface area contributed by atoms with Crippen molar-refractivity contribution in [3.8, 4) is 0 Å². The lowest BCUT2D eigenvalue weighted by Gasteiger charge is -2.29. The van der Waals surface area contributed by atoms with Crippen LogP contribution in [0.25, 0.3) is 0 Å². The Morgan fingerprint density at radius 1 is 1.09 bits per heavy atom. The summed E-state index contributed by atoms with van der Waals surface area (Å²) < 4.78 is 0. The van der Waals surface area contributed by atoms with Crippen LogP contribution in [0.15, 0.2) is 66.5 Å². The van der Waals surface area contributed by atoms with Gasteiger partial charge in [0, 0.05) is 29.7 Å². The van der Waals surface area contributed by atoms with E-state index in [-0.39, 0.29) is 12.2 Å². The van der Waals surface area contributed by atoms with E-state index in [4.69, 9.17) is 23.2 Å². The number of hydrogen-bond acceptors (Lipinski definition) is 5. The molecule has 0 aromatic heterocycles. The van der Waals surface area contributed by atoms with Crippen LogP contribution in [0.2, 0.25) is 10.0 Å². The second-order valence-electron chi connectivity index (χ2n) is 7.98. The Balaban J connectivity index is 1.35. The van der Waals surface area contributed by atoms with Crippen LogP contribution in [0, 0.1) is 0 Å². The first-order valence-electron chi connectivity index (χ1n) is 10.6. The zero-order valence-corrected chi connectivity index (χ0v) is 19.9. The second-order valence-corrected chi connectivity index (χ2v) is 8.80. The lowest BCUT2D eigenvalue weighted by atomic mass is 10.0. The Labute approximate surface area is 211 Å². The maximum absolute atomic E-state index is 12.9. The highest BCUT2D eigenvalue weighted by Gasteiger charge is 2.41. The van der Waals surface area contributed by atoms with Gasteiger partial charge < -0.3 is 21.3 Å². The third kappa shape index (κ3) is 5.64. The van der Waals surface area contributed by atoms with Crippen LogP contribution in [-0.4, -0.2) is 34.7 Å². The van der Waals surface area contributed by atoms with Gasteiger partial charge in [0.25, 0.3) is 11.8 Å². The van der Waals surface area contributed by atoms with E-state index >= 15 is 0 Å². The number of rotatable bonds is 6. The molecule has 5 amide bonds. The van der Waals surface area contributed by atoms with Crippen LogP contribution in [0.4, 0.5) is 16.2 Å². The molecule has 2 aromatic carbocycles. The van der Waals surface area contributed by atoms with E-state index in [2.05, 4.69) is 27.8 Å². The van der Waals surface area contributed by atoms with Crippen LogP contribution in [0.5, 0.6) is 0 Å². The molecule has 0 aliphatic carbocycles. The molecule has 9 nitrogen and oxygen atoms in total. The SMILES string of the molecule is C=C1CCC(N2C(=O)C=C(Nc3cccc(CNC(=O)Nc4ccc(Cl)c(Cl)c4)c3)C2=O)C(=O)N1. The van der Waals surface area contributed by atoms with E-state index in [0.717, 1.165) is 10.5 Å². The molecule has 1 unspecified atom stereocenters. The number of urea groups is 1. The molecule has 0 saturated carbocycles. The topological polar surface area (TPSA) is 120 Å². The van der Waals surface area contributed by atoms with Gasteiger partial charge in [-0.05, 0) is 48.7 Å². The molecule has 1 fully saturated rings. The Morgan fingerprint density at radius 2 is 1.89 bits per heavy atom. The summed E-state index contributed by atoms with van der Waals surface area (Å²) in [7, 11) is 0. The fourth-order valence-electron chi connectivity index (χ4n) is 3.72. The van der Waals surface area contributed by atoms with Crippen molar-refractivity contribution < 1.29 is 19.2 Å². The maximum Gasteiger partial charge on any atom is 0.319 e. The molecule has 0 bridgehead atoms. The van der Waals surface area contributed by atoms with Gasteiger partial charge in [0.15, 0.2) is 0 Å². The fourth-order valence-corrected chi connectivity index (χ4v) is 4.02. The summed E-state index contributed by atoms with van der Waals surface area (Å²) in [6.45, 7) is 3.91. The smallest absolute Gasteiger partial charge is 0.319 e. The number of nitrogens with zero attached hydrogens (tertiary/aromatic N) is 1. The number of amides is 5. The molecule has 1 atom stereocenters. The number of anilines is 2. The summed E-state index contributed by atoms with van der Waals surface area (Å²) in [5.74, 6) is -1.56. The number of carbonyl (C=O) groups excluding carboxylic acids is 4. The molecule has 0 radical (unpaired) electrons. The van der Waals surface area contributed by atoms with Crippen molar-refractivity contribution in [2.24, 2.45) is 0 Å². The predicted molar refractivity (Wildman–Crippen MR) is 133 cm³/mol. The van der Waals surface area contributed by atoms with Gasteiger partial charge in [-0.25, -0.2) is 4.79 Å². The molecule has 2 aliphatic heterocycles. The highest BCUT2D eigenvalue weighted by molar-refractivity contribution is 6.42. The molecular weight excluding hydrogens is 493 g/mol. The quantitative estimate of drug-likeness (QED) is 0.438. The third-order valence-corrected chi connectivity index (χ3v) is 6.16. The normalized spacial score (nSPS) is 17.7. The van der Waals surface area contributed by atoms with Gasteiger partial charge in [0.1, 0.15) is 11.7 Å². The highest BCUT2D eigenvalue weighted by atomic mass is 35.5. The number of imide groups is 1. The highest BCUT2D eigenvalue weighted by Crippen LogP contribution is 2.26. The van der Waals surface area contributed by atoms with E-state index in [0.29, 0.717) is 40.0 Å². The monoisotopic (exact) mass is 513 g/mol.